The lowest BCUT2D eigenvalue weighted by atomic mass is 10.0. The lowest BCUT2D eigenvalue weighted by Gasteiger charge is -2.16. The van der Waals surface area contributed by atoms with Gasteiger partial charge in [-0.2, -0.15) is 0 Å². The molecule has 0 saturated carbocycles. The Morgan fingerprint density at radius 2 is 2.06 bits per heavy atom. The molecule has 0 aliphatic heterocycles. The number of benzene rings is 1. The van der Waals surface area contributed by atoms with Gasteiger partial charge >= 0.3 is 5.97 Å². The van der Waals surface area contributed by atoms with Crippen molar-refractivity contribution in [1.82, 2.24) is 0 Å². The number of rotatable bonds is 3. The molecule has 88 valence electrons. The number of carbonyl (C=O) groups is 1. The third-order valence-electron chi connectivity index (χ3n) is 2.03. The summed E-state index contributed by atoms with van der Waals surface area (Å²) in [6.07, 6.45) is -3.09. The molecule has 0 fully saturated rings. The number of anilines is 1. The number of nitrogen functional groups attached to an aromatic ring is 1. The van der Waals surface area contributed by atoms with Gasteiger partial charge < -0.3 is 20.7 Å². The average Bonchev–Trinajstić information content (AvgIpc) is 2.24. The van der Waals surface area contributed by atoms with E-state index in [2.05, 4.69) is 4.74 Å². The molecule has 0 radical (unpaired) electrons. The Hall–Kier alpha value is -1.30. The molecule has 4 N–H and O–H groups in total. The second kappa shape index (κ2) is 5.16. The Balaban J connectivity index is 2.95. The van der Waals surface area contributed by atoms with Crippen molar-refractivity contribution < 1.29 is 19.7 Å². The minimum Gasteiger partial charge on any atom is -0.467 e. The highest BCUT2D eigenvalue weighted by molar-refractivity contribution is 6.30. The van der Waals surface area contributed by atoms with Crippen molar-refractivity contribution in [3.63, 3.8) is 0 Å². The second-order valence-electron chi connectivity index (χ2n) is 3.23. The van der Waals surface area contributed by atoms with E-state index < -0.39 is 18.2 Å². The molecule has 2 atom stereocenters. The molecular formula is C10H12ClNO4. The van der Waals surface area contributed by atoms with E-state index in [1.807, 2.05) is 0 Å². The zero-order valence-electron chi connectivity index (χ0n) is 8.55. The van der Waals surface area contributed by atoms with E-state index in [4.69, 9.17) is 17.3 Å². The molecule has 1 rings (SSSR count). The number of halogens is 1. The van der Waals surface area contributed by atoms with Crippen molar-refractivity contribution in [2.45, 2.75) is 12.2 Å². The number of methoxy groups -OCH3 is 1. The number of hydrogen-bond acceptors (Lipinski definition) is 5. The molecule has 0 saturated heterocycles. The number of esters is 1. The van der Waals surface area contributed by atoms with Crippen LogP contribution in [0.1, 0.15) is 11.7 Å². The van der Waals surface area contributed by atoms with Gasteiger partial charge in [0.25, 0.3) is 0 Å². The van der Waals surface area contributed by atoms with E-state index in [0.29, 0.717) is 10.7 Å². The summed E-state index contributed by atoms with van der Waals surface area (Å²) >= 11 is 5.72. The van der Waals surface area contributed by atoms with Gasteiger partial charge in [0.05, 0.1) is 7.11 Å². The third kappa shape index (κ3) is 2.85. The van der Waals surface area contributed by atoms with Gasteiger partial charge in [-0.15, -0.1) is 0 Å². The largest absolute Gasteiger partial charge is 0.467 e. The maximum atomic E-state index is 11.0. The Morgan fingerprint density at radius 3 is 2.56 bits per heavy atom. The molecule has 0 spiro atoms. The molecule has 0 aliphatic rings. The first-order valence-corrected chi connectivity index (χ1v) is 4.83. The summed E-state index contributed by atoms with van der Waals surface area (Å²) in [4.78, 5) is 11.0. The smallest absolute Gasteiger partial charge is 0.337 e. The van der Waals surface area contributed by atoms with Crippen molar-refractivity contribution in [3.05, 3.63) is 28.8 Å². The standard InChI is InChI=1S/C10H12ClNO4/c1-16-10(15)9(14)8(13)5-2-6(11)4-7(12)3-5/h2-4,8-9,13-14H,12H2,1H3. The molecule has 0 amide bonds. The summed E-state index contributed by atoms with van der Waals surface area (Å²) in [6.45, 7) is 0. The number of carbonyl (C=O) groups excluding carboxylic acids is 1. The highest BCUT2D eigenvalue weighted by atomic mass is 35.5. The molecule has 0 aliphatic carbocycles. The Labute approximate surface area is 97.4 Å². The molecular weight excluding hydrogens is 234 g/mol. The summed E-state index contributed by atoms with van der Waals surface area (Å²) in [6, 6.07) is 4.32. The van der Waals surface area contributed by atoms with Gasteiger partial charge in [0.2, 0.25) is 0 Å². The van der Waals surface area contributed by atoms with Crippen LogP contribution in [0, 0.1) is 0 Å². The van der Waals surface area contributed by atoms with Gasteiger partial charge in [0, 0.05) is 10.7 Å². The highest BCUT2D eigenvalue weighted by Crippen LogP contribution is 2.24. The van der Waals surface area contributed by atoms with E-state index in [9.17, 15) is 15.0 Å². The summed E-state index contributed by atoms with van der Waals surface area (Å²) in [5.41, 5.74) is 6.10. The molecule has 0 heterocycles. The van der Waals surface area contributed by atoms with Crippen LogP contribution < -0.4 is 5.73 Å². The fraction of sp³-hybridized carbons (Fsp3) is 0.300. The van der Waals surface area contributed by atoms with Crippen LogP contribution in [0.4, 0.5) is 5.69 Å². The van der Waals surface area contributed by atoms with Crippen molar-refractivity contribution in [2.24, 2.45) is 0 Å². The van der Waals surface area contributed by atoms with E-state index in [1.54, 1.807) is 0 Å². The first-order chi connectivity index (χ1) is 7.45. The van der Waals surface area contributed by atoms with Gasteiger partial charge in [-0.3, -0.25) is 0 Å². The molecule has 1 aromatic rings. The maximum absolute atomic E-state index is 11.0. The van der Waals surface area contributed by atoms with E-state index in [1.165, 1.54) is 18.2 Å². The number of aliphatic hydroxyl groups excluding tert-OH is 2. The van der Waals surface area contributed by atoms with Crippen molar-refractivity contribution >= 4 is 23.3 Å². The number of aliphatic hydroxyl groups is 2. The summed E-state index contributed by atoms with van der Waals surface area (Å²) in [7, 11) is 1.12. The predicted molar refractivity (Wildman–Crippen MR) is 58.8 cm³/mol. The average molecular weight is 246 g/mol. The van der Waals surface area contributed by atoms with Crippen LogP contribution in [0.2, 0.25) is 5.02 Å². The van der Waals surface area contributed by atoms with E-state index >= 15 is 0 Å². The fourth-order valence-electron chi connectivity index (χ4n) is 1.24. The van der Waals surface area contributed by atoms with Crippen molar-refractivity contribution in [1.29, 1.82) is 0 Å². The van der Waals surface area contributed by atoms with Gasteiger partial charge in [-0.05, 0) is 23.8 Å². The van der Waals surface area contributed by atoms with Gasteiger partial charge in [-0.25, -0.2) is 4.79 Å². The molecule has 6 heteroatoms. The summed E-state index contributed by atoms with van der Waals surface area (Å²) < 4.78 is 4.30. The van der Waals surface area contributed by atoms with Crippen LogP contribution in [-0.2, 0) is 9.53 Å². The fourth-order valence-corrected chi connectivity index (χ4v) is 1.49. The van der Waals surface area contributed by atoms with Crippen molar-refractivity contribution in [3.8, 4) is 0 Å². The van der Waals surface area contributed by atoms with Gasteiger partial charge in [-0.1, -0.05) is 11.6 Å². The zero-order valence-corrected chi connectivity index (χ0v) is 9.31. The minimum absolute atomic E-state index is 0.253. The molecule has 0 bridgehead atoms. The first-order valence-electron chi connectivity index (χ1n) is 4.45. The first kappa shape index (κ1) is 12.8. The molecule has 2 unspecified atom stereocenters. The Kier molecular flexibility index (Phi) is 4.12. The zero-order chi connectivity index (χ0) is 12.3. The van der Waals surface area contributed by atoms with E-state index in [-0.39, 0.29) is 5.56 Å². The topological polar surface area (TPSA) is 92.8 Å². The van der Waals surface area contributed by atoms with Gasteiger partial charge in [0.1, 0.15) is 6.10 Å². The van der Waals surface area contributed by atoms with Crippen LogP contribution in [-0.4, -0.2) is 29.4 Å². The summed E-state index contributed by atoms with van der Waals surface area (Å²) in [5.74, 6) is -0.925. The molecule has 0 aromatic heterocycles. The SMILES string of the molecule is COC(=O)C(O)C(O)c1cc(N)cc(Cl)c1. The van der Waals surface area contributed by atoms with Crippen LogP contribution >= 0.6 is 11.6 Å². The maximum Gasteiger partial charge on any atom is 0.337 e. The highest BCUT2D eigenvalue weighted by Gasteiger charge is 2.26. The van der Waals surface area contributed by atoms with Crippen LogP contribution in [0.3, 0.4) is 0 Å². The van der Waals surface area contributed by atoms with Gasteiger partial charge in [0.15, 0.2) is 6.10 Å². The summed E-state index contributed by atoms with van der Waals surface area (Å²) in [5, 5.41) is 19.4. The predicted octanol–water partition coefficient (Wildman–Crippen LogP) is 0.489. The number of nitrogens with two attached hydrogens (primary N) is 1. The molecule has 1 aromatic carbocycles. The Bertz CT molecular complexity index is 376. The lowest BCUT2D eigenvalue weighted by molar-refractivity contribution is -0.156. The van der Waals surface area contributed by atoms with Crippen molar-refractivity contribution in [2.75, 3.05) is 12.8 Å². The second-order valence-corrected chi connectivity index (χ2v) is 3.67. The number of hydrogen-bond donors (Lipinski definition) is 3. The quantitative estimate of drug-likeness (QED) is 0.532. The monoisotopic (exact) mass is 245 g/mol. The molecule has 5 nitrogen and oxygen atoms in total. The minimum atomic E-state index is -1.66. The normalized spacial score (nSPS) is 14.2. The number of ether oxygens (including phenoxy) is 1. The van der Waals surface area contributed by atoms with E-state index in [0.717, 1.165) is 7.11 Å². The van der Waals surface area contributed by atoms with Crippen LogP contribution in [0.5, 0.6) is 0 Å². The lowest BCUT2D eigenvalue weighted by Crippen LogP contribution is -2.29. The Morgan fingerprint density at radius 1 is 1.44 bits per heavy atom. The van der Waals surface area contributed by atoms with Crippen LogP contribution in [0.15, 0.2) is 18.2 Å². The molecule has 16 heavy (non-hydrogen) atoms. The third-order valence-corrected chi connectivity index (χ3v) is 2.24. The van der Waals surface area contributed by atoms with Crippen LogP contribution in [0.25, 0.3) is 0 Å².